The van der Waals surface area contributed by atoms with Crippen molar-refractivity contribution in [1.29, 1.82) is 0 Å². The molecule has 1 aromatic heterocycles. The van der Waals surface area contributed by atoms with Crippen LogP contribution in [0.5, 0.6) is 5.88 Å². The van der Waals surface area contributed by atoms with E-state index in [4.69, 9.17) is 10.5 Å². The molecular weight excluding hydrogens is 218 g/mol. The summed E-state index contributed by atoms with van der Waals surface area (Å²) < 4.78 is 6.22. The van der Waals surface area contributed by atoms with Crippen LogP contribution in [0.4, 0.5) is 5.95 Å². The molecule has 0 saturated heterocycles. The lowest BCUT2D eigenvalue weighted by Crippen LogP contribution is -2.35. The van der Waals surface area contributed by atoms with E-state index in [2.05, 4.69) is 4.98 Å². The molecule has 5 nitrogen and oxygen atoms in total. The molecule has 2 rings (SSSR count). The van der Waals surface area contributed by atoms with Gasteiger partial charge in [0.25, 0.3) is 5.88 Å². The zero-order valence-corrected chi connectivity index (χ0v) is 10.2. The molecule has 94 valence electrons. The first kappa shape index (κ1) is 12.0. The molecule has 0 aromatic carbocycles. The Balaban J connectivity index is 1.94. The third kappa shape index (κ3) is 2.99. The predicted octanol–water partition coefficient (Wildman–Crippen LogP) is 1.56. The van der Waals surface area contributed by atoms with Gasteiger partial charge in [-0.3, -0.25) is 5.73 Å². The van der Waals surface area contributed by atoms with E-state index >= 15 is 0 Å². The molecule has 17 heavy (non-hydrogen) atoms. The summed E-state index contributed by atoms with van der Waals surface area (Å²) in [6.45, 7) is 2.37. The largest absolute Gasteiger partial charge is 0.740 e. The van der Waals surface area contributed by atoms with Crippen molar-refractivity contribution in [3.63, 3.8) is 0 Å². The molecule has 0 bridgehead atoms. The van der Waals surface area contributed by atoms with Crippen molar-refractivity contribution in [3.05, 3.63) is 17.0 Å². The Hall–Kier alpha value is -1.52. The number of aromatic nitrogens is 2. The van der Waals surface area contributed by atoms with Crippen LogP contribution >= 0.6 is 0 Å². The molecule has 0 aliphatic heterocycles. The van der Waals surface area contributed by atoms with Crippen LogP contribution in [0.15, 0.2) is 6.07 Å². The second-order valence-corrected chi connectivity index (χ2v) is 4.70. The third-order valence-electron chi connectivity index (χ3n) is 3.28. The van der Waals surface area contributed by atoms with Gasteiger partial charge in [0.2, 0.25) is 0 Å². The van der Waals surface area contributed by atoms with Crippen molar-refractivity contribution in [2.24, 2.45) is 5.92 Å². The van der Waals surface area contributed by atoms with Gasteiger partial charge in [0.15, 0.2) is 0 Å². The van der Waals surface area contributed by atoms with Crippen molar-refractivity contribution in [1.82, 2.24) is 4.98 Å². The van der Waals surface area contributed by atoms with Crippen molar-refractivity contribution < 1.29 is 9.47 Å². The molecule has 0 radical (unpaired) electrons. The number of ether oxygens (including phenoxy) is 1. The van der Waals surface area contributed by atoms with Crippen molar-refractivity contribution >= 4 is 5.95 Å². The van der Waals surface area contributed by atoms with Crippen LogP contribution in [-0.2, 0) is 0 Å². The molecule has 1 fully saturated rings. The molecule has 5 heteroatoms. The summed E-state index contributed by atoms with van der Waals surface area (Å²) in [4.78, 5) is 3.92. The van der Waals surface area contributed by atoms with E-state index in [-0.39, 0.29) is 5.95 Å². The Labute approximate surface area is 101 Å². The monoisotopic (exact) mass is 237 g/mol. The number of aryl methyl sites for hydroxylation is 1. The normalized spacial score (nSPS) is 17.0. The molecule has 0 atom stereocenters. The summed E-state index contributed by atoms with van der Waals surface area (Å²) in [6.07, 6.45) is 6.37. The van der Waals surface area contributed by atoms with Crippen LogP contribution < -0.4 is 15.2 Å². The standard InChI is InChI=1S/C12H19N3O2/c1-9-7-11(14-12(13)15(9)16)17-8-10-5-3-2-4-6-10/h7,10H,2-6,8H2,1H3,(H2,13,14). The molecule has 1 aromatic rings. The van der Waals surface area contributed by atoms with Crippen molar-refractivity contribution in [2.45, 2.75) is 39.0 Å². The fraction of sp³-hybridized carbons (Fsp3) is 0.667. The van der Waals surface area contributed by atoms with Crippen LogP contribution in [0.25, 0.3) is 0 Å². The molecule has 1 aliphatic carbocycles. The van der Waals surface area contributed by atoms with Crippen LogP contribution in [0.3, 0.4) is 0 Å². The number of nitrogens with two attached hydrogens (primary N) is 1. The van der Waals surface area contributed by atoms with Gasteiger partial charge >= 0.3 is 5.95 Å². The van der Waals surface area contributed by atoms with Crippen LogP contribution in [-0.4, -0.2) is 11.6 Å². The number of anilines is 1. The lowest BCUT2D eigenvalue weighted by molar-refractivity contribution is -0.599. The van der Waals surface area contributed by atoms with Gasteiger partial charge in [-0.1, -0.05) is 19.3 Å². The molecule has 0 spiro atoms. The highest BCUT2D eigenvalue weighted by atomic mass is 16.5. The topological polar surface area (TPSA) is 75.1 Å². The molecule has 0 amide bonds. The highest BCUT2D eigenvalue weighted by Gasteiger charge is 2.16. The second-order valence-electron chi connectivity index (χ2n) is 4.70. The van der Waals surface area contributed by atoms with Crippen LogP contribution in [0.1, 0.15) is 37.8 Å². The van der Waals surface area contributed by atoms with Gasteiger partial charge in [0.05, 0.1) is 18.4 Å². The maximum atomic E-state index is 11.3. The van der Waals surface area contributed by atoms with E-state index in [1.165, 1.54) is 32.1 Å². The van der Waals surface area contributed by atoms with Gasteiger partial charge in [-0.15, -0.1) is 0 Å². The number of hydrogen-bond donors (Lipinski definition) is 1. The van der Waals surface area contributed by atoms with Gasteiger partial charge in [-0.25, -0.2) is 4.73 Å². The smallest absolute Gasteiger partial charge is 0.393 e. The van der Waals surface area contributed by atoms with E-state index in [9.17, 15) is 5.21 Å². The number of nitrogen functional groups attached to an aromatic ring is 1. The van der Waals surface area contributed by atoms with Gasteiger partial charge in [0.1, 0.15) is 0 Å². The minimum atomic E-state index is -0.0522. The lowest BCUT2D eigenvalue weighted by atomic mass is 9.90. The summed E-state index contributed by atoms with van der Waals surface area (Å²) in [5.41, 5.74) is 6.00. The SMILES string of the molecule is Cc1cc(OCC2CCCCC2)nc(N)[n+]1[O-]. The highest BCUT2D eigenvalue weighted by molar-refractivity contribution is 5.19. The van der Waals surface area contributed by atoms with Crippen molar-refractivity contribution in [2.75, 3.05) is 12.3 Å². The van der Waals surface area contributed by atoms with E-state index < -0.39 is 0 Å². The maximum absolute atomic E-state index is 11.3. The first-order chi connectivity index (χ1) is 8.16. The lowest BCUT2D eigenvalue weighted by Gasteiger charge is -2.21. The molecule has 1 heterocycles. The first-order valence-corrected chi connectivity index (χ1v) is 6.16. The minimum absolute atomic E-state index is 0.0522. The molecule has 2 N–H and O–H groups in total. The third-order valence-corrected chi connectivity index (χ3v) is 3.28. The van der Waals surface area contributed by atoms with Gasteiger partial charge < -0.3 is 9.94 Å². The van der Waals surface area contributed by atoms with E-state index in [0.717, 1.165) is 0 Å². The van der Waals surface area contributed by atoms with Crippen LogP contribution in [0.2, 0.25) is 0 Å². The molecule has 1 saturated carbocycles. The molecule has 0 unspecified atom stereocenters. The average Bonchev–Trinajstić information content (AvgIpc) is 2.34. The summed E-state index contributed by atoms with van der Waals surface area (Å²) in [6, 6.07) is 1.63. The fourth-order valence-electron chi connectivity index (χ4n) is 2.24. The fourth-order valence-corrected chi connectivity index (χ4v) is 2.24. The number of rotatable bonds is 3. The Kier molecular flexibility index (Phi) is 3.66. The Morgan fingerprint density at radius 2 is 2.18 bits per heavy atom. The molecular formula is C12H19N3O2. The van der Waals surface area contributed by atoms with E-state index in [1.807, 2.05) is 0 Å². The molecule has 1 aliphatic rings. The maximum Gasteiger partial charge on any atom is 0.393 e. The van der Waals surface area contributed by atoms with Gasteiger partial charge in [-0.05, 0) is 30.7 Å². The predicted molar refractivity (Wildman–Crippen MR) is 64.4 cm³/mol. The first-order valence-electron chi connectivity index (χ1n) is 6.16. The van der Waals surface area contributed by atoms with E-state index in [1.54, 1.807) is 13.0 Å². The zero-order chi connectivity index (χ0) is 12.3. The second kappa shape index (κ2) is 5.21. The Morgan fingerprint density at radius 1 is 1.47 bits per heavy atom. The minimum Gasteiger partial charge on any atom is -0.740 e. The summed E-state index contributed by atoms with van der Waals surface area (Å²) >= 11 is 0. The highest BCUT2D eigenvalue weighted by Crippen LogP contribution is 2.24. The summed E-state index contributed by atoms with van der Waals surface area (Å²) in [5, 5.41) is 11.3. The van der Waals surface area contributed by atoms with Gasteiger partial charge in [-0.2, -0.15) is 0 Å². The number of nitrogens with zero attached hydrogens (tertiary/aromatic N) is 2. The number of hydrogen-bond acceptors (Lipinski definition) is 4. The zero-order valence-electron chi connectivity index (χ0n) is 10.2. The average molecular weight is 237 g/mol. The van der Waals surface area contributed by atoms with E-state index in [0.29, 0.717) is 28.8 Å². The van der Waals surface area contributed by atoms with Crippen molar-refractivity contribution in [3.8, 4) is 5.88 Å². The summed E-state index contributed by atoms with van der Waals surface area (Å²) in [7, 11) is 0. The summed E-state index contributed by atoms with van der Waals surface area (Å²) in [5.74, 6) is 1.02. The van der Waals surface area contributed by atoms with Crippen LogP contribution in [0, 0.1) is 18.0 Å². The van der Waals surface area contributed by atoms with Gasteiger partial charge in [0, 0.05) is 0 Å². The Bertz CT molecular complexity index is 366. The Morgan fingerprint density at radius 3 is 2.82 bits per heavy atom. The quantitative estimate of drug-likeness (QED) is 0.639.